The van der Waals surface area contributed by atoms with Crippen LogP contribution >= 0.6 is 0 Å². The maximum Gasteiger partial charge on any atom is 0.241 e. The van der Waals surface area contributed by atoms with Crippen molar-refractivity contribution in [1.82, 2.24) is 20.9 Å². The van der Waals surface area contributed by atoms with Crippen molar-refractivity contribution >= 4 is 29.5 Å². The number of rotatable bonds is 11. The lowest BCUT2D eigenvalue weighted by Crippen LogP contribution is -2.70. The Morgan fingerprint density at radius 3 is 2.33 bits per heavy atom. The highest BCUT2D eigenvalue weighted by molar-refractivity contribution is 6.00. The molecule has 0 aromatic carbocycles. The average molecular weight is 465 g/mol. The van der Waals surface area contributed by atoms with Crippen LogP contribution in [0, 0.1) is 0 Å². The zero-order valence-corrected chi connectivity index (χ0v) is 19.1. The predicted octanol–water partition coefficient (Wildman–Crippen LogP) is -2.56. The smallest absolute Gasteiger partial charge is 0.241 e. The highest BCUT2D eigenvalue weighted by atomic mass is 16.2. The number of carbonyl (C=O) groups is 4. The van der Waals surface area contributed by atoms with Gasteiger partial charge in [0.05, 0.1) is 17.6 Å². The normalized spacial score (nSPS) is 29.0. The van der Waals surface area contributed by atoms with Gasteiger partial charge >= 0.3 is 0 Å². The van der Waals surface area contributed by atoms with E-state index in [0.29, 0.717) is 38.8 Å². The second-order valence-corrected chi connectivity index (χ2v) is 9.14. The first-order valence-electron chi connectivity index (χ1n) is 11.7. The number of hydrogen-bond acceptors (Lipinski definition) is 7. The first-order chi connectivity index (χ1) is 15.7. The standard InChI is InChI=1S/C21H36N8O4/c1-2-3-5-12-18(32)27-13(10-26-12)16(30)21(7-8-21)29-11-14(17(22)31)28-19(33)15(29)6-4-9-25-20(23)24/h12-15,26H,2-11H2,1H3,(H2,22,31)(H,27,32)(H,28,33)(H4,23,24,25)/t12-,13+,14-,15-/m0/s1. The molecule has 9 N–H and O–H groups in total. The van der Waals surface area contributed by atoms with Crippen molar-refractivity contribution in [3.05, 3.63) is 0 Å². The molecule has 3 amide bonds. The molecule has 2 saturated heterocycles. The fraction of sp³-hybridized carbons (Fsp3) is 0.762. The monoisotopic (exact) mass is 464 g/mol. The van der Waals surface area contributed by atoms with Crippen molar-refractivity contribution in [3.8, 4) is 0 Å². The minimum absolute atomic E-state index is 0.0274. The summed E-state index contributed by atoms with van der Waals surface area (Å²) in [6.07, 6.45) is 4.68. The molecule has 0 radical (unpaired) electrons. The van der Waals surface area contributed by atoms with Gasteiger partial charge in [-0.25, -0.2) is 0 Å². The third-order valence-electron chi connectivity index (χ3n) is 6.74. The highest BCUT2D eigenvalue weighted by Gasteiger charge is 2.60. The molecule has 3 aliphatic rings. The third-order valence-corrected chi connectivity index (χ3v) is 6.74. The SMILES string of the molecule is CCCC[C@@H]1NC[C@H](C(=O)C2(N3C[C@@H](C(N)=O)NC(=O)[C@@H]3CCCN=C(N)N)CC2)NC1=O. The van der Waals surface area contributed by atoms with Gasteiger partial charge in [-0.15, -0.1) is 0 Å². The number of ketones is 1. The van der Waals surface area contributed by atoms with Crippen LogP contribution < -0.4 is 33.2 Å². The lowest BCUT2D eigenvalue weighted by atomic mass is 9.92. The van der Waals surface area contributed by atoms with Crippen molar-refractivity contribution in [3.63, 3.8) is 0 Å². The van der Waals surface area contributed by atoms with Crippen LogP contribution in [0.15, 0.2) is 4.99 Å². The van der Waals surface area contributed by atoms with Crippen LogP contribution in [0.25, 0.3) is 0 Å². The number of unbranched alkanes of at least 4 members (excludes halogenated alkanes) is 1. The van der Waals surface area contributed by atoms with Gasteiger partial charge in [0.1, 0.15) is 12.1 Å². The van der Waals surface area contributed by atoms with Crippen molar-refractivity contribution in [2.24, 2.45) is 22.2 Å². The van der Waals surface area contributed by atoms with E-state index in [2.05, 4.69) is 27.9 Å². The molecule has 33 heavy (non-hydrogen) atoms. The number of hydrogen-bond donors (Lipinski definition) is 6. The number of guanidine groups is 1. The van der Waals surface area contributed by atoms with Crippen LogP contribution in [0.2, 0.25) is 0 Å². The third kappa shape index (κ3) is 5.61. The van der Waals surface area contributed by atoms with E-state index in [1.165, 1.54) is 0 Å². The summed E-state index contributed by atoms with van der Waals surface area (Å²) < 4.78 is 0. The molecule has 2 heterocycles. The molecular formula is C21H36N8O4. The number of amides is 3. The molecule has 4 atom stereocenters. The van der Waals surface area contributed by atoms with Gasteiger partial charge in [-0.3, -0.25) is 29.1 Å². The Morgan fingerprint density at radius 2 is 1.76 bits per heavy atom. The molecule has 0 aromatic heterocycles. The molecule has 2 aliphatic heterocycles. The summed E-state index contributed by atoms with van der Waals surface area (Å²) in [6, 6.07) is -2.48. The molecule has 1 aliphatic carbocycles. The number of piperazine rings is 2. The van der Waals surface area contributed by atoms with Gasteiger partial charge in [0.25, 0.3) is 0 Å². The molecule has 12 heteroatoms. The van der Waals surface area contributed by atoms with Gasteiger partial charge in [-0.1, -0.05) is 19.8 Å². The lowest BCUT2D eigenvalue weighted by molar-refractivity contribution is -0.144. The Balaban J connectivity index is 1.74. The summed E-state index contributed by atoms with van der Waals surface area (Å²) in [5.74, 6) is -1.34. The van der Waals surface area contributed by atoms with Crippen LogP contribution in [0.4, 0.5) is 0 Å². The minimum Gasteiger partial charge on any atom is -0.370 e. The Labute approximate surface area is 193 Å². The number of nitrogens with two attached hydrogens (primary N) is 3. The van der Waals surface area contributed by atoms with Gasteiger partial charge in [-0.05, 0) is 32.1 Å². The topological polar surface area (TPSA) is 198 Å². The Hall–Kier alpha value is -2.73. The summed E-state index contributed by atoms with van der Waals surface area (Å²) >= 11 is 0. The number of nitrogens with one attached hydrogen (secondary N) is 3. The molecule has 0 unspecified atom stereocenters. The summed E-state index contributed by atoms with van der Waals surface area (Å²) in [7, 11) is 0. The van der Waals surface area contributed by atoms with Gasteiger partial charge in [0, 0.05) is 19.6 Å². The summed E-state index contributed by atoms with van der Waals surface area (Å²) in [5, 5.41) is 8.73. The zero-order chi connectivity index (χ0) is 24.2. The molecule has 3 rings (SSSR count). The van der Waals surface area contributed by atoms with Gasteiger partial charge in [-0.2, -0.15) is 0 Å². The Morgan fingerprint density at radius 1 is 1.06 bits per heavy atom. The number of Topliss-reactive ketones (excluding diaryl/α,β-unsaturated/α-hetero) is 1. The fourth-order valence-electron chi connectivity index (χ4n) is 4.79. The van der Waals surface area contributed by atoms with Crippen molar-refractivity contribution < 1.29 is 19.2 Å². The van der Waals surface area contributed by atoms with Crippen LogP contribution in [0.1, 0.15) is 51.9 Å². The molecule has 12 nitrogen and oxygen atoms in total. The fourth-order valence-corrected chi connectivity index (χ4v) is 4.79. The lowest BCUT2D eigenvalue weighted by Gasteiger charge is -2.44. The average Bonchev–Trinajstić information content (AvgIpc) is 3.57. The van der Waals surface area contributed by atoms with Crippen LogP contribution in [-0.2, 0) is 19.2 Å². The van der Waals surface area contributed by atoms with E-state index in [4.69, 9.17) is 17.2 Å². The predicted molar refractivity (Wildman–Crippen MR) is 122 cm³/mol. The summed E-state index contributed by atoms with van der Waals surface area (Å²) in [6.45, 7) is 2.90. The van der Waals surface area contributed by atoms with Crippen LogP contribution in [-0.4, -0.2) is 83.7 Å². The molecule has 1 saturated carbocycles. The summed E-state index contributed by atoms with van der Waals surface area (Å²) in [5.41, 5.74) is 15.3. The van der Waals surface area contributed by atoms with Crippen LogP contribution in [0.5, 0.6) is 0 Å². The van der Waals surface area contributed by atoms with E-state index >= 15 is 0 Å². The van der Waals surface area contributed by atoms with Gasteiger partial charge in [0.2, 0.25) is 17.7 Å². The molecular weight excluding hydrogens is 428 g/mol. The van der Waals surface area contributed by atoms with E-state index in [1.54, 1.807) is 0 Å². The Kier molecular flexibility index (Phi) is 7.90. The van der Waals surface area contributed by atoms with E-state index in [1.807, 2.05) is 4.90 Å². The number of aliphatic imine (C=N–C) groups is 1. The van der Waals surface area contributed by atoms with Crippen molar-refractivity contribution in [2.75, 3.05) is 19.6 Å². The van der Waals surface area contributed by atoms with Crippen LogP contribution in [0.3, 0.4) is 0 Å². The van der Waals surface area contributed by atoms with E-state index in [9.17, 15) is 19.2 Å². The highest BCUT2D eigenvalue weighted by Crippen LogP contribution is 2.46. The number of carbonyl (C=O) groups excluding carboxylic acids is 4. The molecule has 3 fully saturated rings. The maximum atomic E-state index is 13.6. The quantitative estimate of drug-likeness (QED) is 0.109. The first-order valence-corrected chi connectivity index (χ1v) is 11.7. The van der Waals surface area contributed by atoms with Gasteiger partial charge < -0.3 is 33.2 Å². The van der Waals surface area contributed by atoms with E-state index in [0.717, 1.165) is 19.3 Å². The zero-order valence-electron chi connectivity index (χ0n) is 19.1. The molecule has 0 aromatic rings. The second kappa shape index (κ2) is 10.5. The van der Waals surface area contributed by atoms with E-state index in [-0.39, 0.29) is 36.1 Å². The molecule has 0 bridgehead atoms. The first kappa shape index (κ1) is 24.9. The Bertz CT molecular complexity index is 808. The van der Waals surface area contributed by atoms with Crippen molar-refractivity contribution in [2.45, 2.75) is 81.6 Å². The minimum atomic E-state index is -0.901. The summed E-state index contributed by atoms with van der Waals surface area (Å²) in [4.78, 5) is 56.6. The maximum absolute atomic E-state index is 13.6. The largest absolute Gasteiger partial charge is 0.370 e. The molecule has 0 spiro atoms. The number of primary amides is 1. The van der Waals surface area contributed by atoms with Gasteiger partial charge in [0.15, 0.2) is 11.7 Å². The number of nitrogens with zero attached hydrogens (tertiary/aromatic N) is 2. The second-order valence-electron chi connectivity index (χ2n) is 9.14. The molecule has 184 valence electrons. The van der Waals surface area contributed by atoms with E-state index < -0.39 is 29.6 Å². The van der Waals surface area contributed by atoms with Crippen molar-refractivity contribution in [1.29, 1.82) is 0 Å².